The lowest BCUT2D eigenvalue weighted by Crippen LogP contribution is -2.39. The SMILES string of the molecule is CCCN1C(=O)COc2ccc(C(=O)Cn3cnc4scc(-c5ccc(Br)cc5)c4c3=O)cc21. The van der Waals surface area contributed by atoms with Crippen LogP contribution in [0.4, 0.5) is 5.69 Å². The molecular formula is C25H20BrN3O4S. The minimum Gasteiger partial charge on any atom is -0.482 e. The molecule has 0 radical (unpaired) electrons. The molecule has 2 aromatic carbocycles. The highest BCUT2D eigenvalue weighted by Gasteiger charge is 2.26. The maximum Gasteiger partial charge on any atom is 0.265 e. The quantitative estimate of drug-likeness (QED) is 0.326. The number of nitrogens with zero attached hydrogens (tertiary/aromatic N) is 3. The maximum absolute atomic E-state index is 13.3. The number of ether oxygens (including phenoxy) is 1. The Kier molecular flexibility index (Phi) is 6.05. The molecule has 1 amide bonds. The van der Waals surface area contributed by atoms with Crippen LogP contribution in [-0.4, -0.2) is 34.4 Å². The van der Waals surface area contributed by atoms with E-state index in [1.807, 2.05) is 36.6 Å². The zero-order valence-corrected chi connectivity index (χ0v) is 20.7. The molecule has 7 nitrogen and oxygen atoms in total. The fourth-order valence-electron chi connectivity index (χ4n) is 4.01. The Morgan fingerprint density at radius 3 is 2.74 bits per heavy atom. The van der Waals surface area contributed by atoms with Crippen molar-refractivity contribution in [3.05, 3.63) is 74.6 Å². The topological polar surface area (TPSA) is 81.5 Å². The number of ketones is 1. The largest absolute Gasteiger partial charge is 0.482 e. The molecule has 0 saturated carbocycles. The molecule has 3 heterocycles. The van der Waals surface area contributed by atoms with Crippen molar-refractivity contribution in [1.29, 1.82) is 0 Å². The van der Waals surface area contributed by atoms with Gasteiger partial charge in [0.2, 0.25) is 0 Å². The van der Waals surface area contributed by atoms with Gasteiger partial charge >= 0.3 is 0 Å². The number of halogens is 1. The molecule has 1 aliphatic heterocycles. The summed E-state index contributed by atoms with van der Waals surface area (Å²) in [6.45, 7) is 2.37. The third-order valence-corrected chi connectivity index (χ3v) is 7.12. The standard InChI is InChI=1S/C25H20BrN3O4S/c1-2-9-29-19-10-16(5-8-21(19)33-12-22(29)31)20(30)11-28-14-27-24-23(25(28)32)18(13-34-24)15-3-6-17(26)7-4-15/h3-8,10,13-14H,2,9,11-12H2,1H3. The molecule has 9 heteroatoms. The van der Waals surface area contributed by atoms with Crippen molar-refractivity contribution in [1.82, 2.24) is 9.55 Å². The molecule has 0 fully saturated rings. The van der Waals surface area contributed by atoms with Gasteiger partial charge in [0.05, 0.1) is 23.9 Å². The summed E-state index contributed by atoms with van der Waals surface area (Å²) in [6.07, 6.45) is 2.20. The van der Waals surface area contributed by atoms with Crippen molar-refractivity contribution in [2.75, 3.05) is 18.1 Å². The van der Waals surface area contributed by atoms with Crippen molar-refractivity contribution in [3.8, 4) is 16.9 Å². The Labute approximate surface area is 207 Å². The first-order chi connectivity index (χ1) is 16.5. The summed E-state index contributed by atoms with van der Waals surface area (Å²) in [5.41, 5.74) is 2.43. The van der Waals surface area contributed by atoms with Crippen LogP contribution in [-0.2, 0) is 11.3 Å². The summed E-state index contributed by atoms with van der Waals surface area (Å²) in [6, 6.07) is 12.7. The number of benzene rings is 2. The number of amides is 1. The van der Waals surface area contributed by atoms with Crippen LogP contribution < -0.4 is 15.2 Å². The Bertz CT molecular complexity index is 1480. The molecule has 0 saturated heterocycles. The van der Waals surface area contributed by atoms with E-state index in [2.05, 4.69) is 20.9 Å². The summed E-state index contributed by atoms with van der Waals surface area (Å²) < 4.78 is 7.81. The van der Waals surface area contributed by atoms with Crippen LogP contribution >= 0.6 is 27.3 Å². The molecule has 0 aliphatic carbocycles. The molecule has 0 bridgehead atoms. The zero-order valence-electron chi connectivity index (χ0n) is 18.3. The third-order valence-electron chi connectivity index (χ3n) is 5.70. The summed E-state index contributed by atoms with van der Waals surface area (Å²) in [7, 11) is 0. The first kappa shape index (κ1) is 22.5. The number of carbonyl (C=O) groups is 2. The molecule has 34 heavy (non-hydrogen) atoms. The Balaban J connectivity index is 1.48. The first-order valence-corrected chi connectivity index (χ1v) is 12.5. The van der Waals surface area contributed by atoms with Crippen molar-refractivity contribution < 1.29 is 14.3 Å². The van der Waals surface area contributed by atoms with E-state index in [1.165, 1.54) is 22.2 Å². The Morgan fingerprint density at radius 2 is 1.97 bits per heavy atom. The van der Waals surface area contributed by atoms with Crippen LogP contribution in [0.15, 0.2) is 63.4 Å². The second-order valence-electron chi connectivity index (χ2n) is 7.95. The predicted molar refractivity (Wildman–Crippen MR) is 136 cm³/mol. The van der Waals surface area contributed by atoms with Crippen LogP contribution in [0.1, 0.15) is 23.7 Å². The normalized spacial score (nSPS) is 13.1. The van der Waals surface area contributed by atoms with Crippen LogP contribution in [0.5, 0.6) is 5.75 Å². The summed E-state index contributed by atoms with van der Waals surface area (Å²) >= 11 is 4.83. The van der Waals surface area contributed by atoms with Crippen molar-refractivity contribution >= 4 is 54.9 Å². The maximum atomic E-state index is 13.3. The van der Waals surface area contributed by atoms with Gasteiger partial charge < -0.3 is 9.64 Å². The number of Topliss-reactive ketones (excluding diaryl/α,β-unsaturated/α-hetero) is 1. The number of hydrogen-bond donors (Lipinski definition) is 0. The molecule has 1 aliphatic rings. The molecular weight excluding hydrogens is 518 g/mol. The number of hydrogen-bond acceptors (Lipinski definition) is 6. The van der Waals surface area contributed by atoms with Gasteiger partial charge in [-0.2, -0.15) is 0 Å². The van der Waals surface area contributed by atoms with Crippen molar-refractivity contribution in [3.63, 3.8) is 0 Å². The molecule has 5 rings (SSSR count). The highest BCUT2D eigenvalue weighted by Crippen LogP contribution is 2.34. The monoisotopic (exact) mass is 537 g/mol. The van der Waals surface area contributed by atoms with Gasteiger partial charge in [-0.3, -0.25) is 19.0 Å². The number of carbonyl (C=O) groups excluding carboxylic acids is 2. The van der Waals surface area contributed by atoms with E-state index >= 15 is 0 Å². The second kappa shape index (κ2) is 9.15. The van der Waals surface area contributed by atoms with E-state index in [-0.39, 0.29) is 30.4 Å². The van der Waals surface area contributed by atoms with E-state index in [1.54, 1.807) is 23.1 Å². The lowest BCUT2D eigenvalue weighted by atomic mass is 10.1. The highest BCUT2D eigenvalue weighted by atomic mass is 79.9. The van der Waals surface area contributed by atoms with Gasteiger partial charge in [0.1, 0.15) is 10.6 Å². The highest BCUT2D eigenvalue weighted by molar-refractivity contribution is 9.10. The van der Waals surface area contributed by atoms with E-state index in [9.17, 15) is 14.4 Å². The first-order valence-electron chi connectivity index (χ1n) is 10.8. The van der Waals surface area contributed by atoms with Crippen LogP contribution in [0.3, 0.4) is 0 Å². The number of rotatable bonds is 6. The molecule has 0 unspecified atom stereocenters. The zero-order chi connectivity index (χ0) is 23.8. The lowest BCUT2D eigenvalue weighted by Gasteiger charge is -2.29. The average molecular weight is 538 g/mol. The molecule has 0 N–H and O–H groups in total. The van der Waals surface area contributed by atoms with Crippen LogP contribution in [0.2, 0.25) is 0 Å². The summed E-state index contributed by atoms with van der Waals surface area (Å²) in [4.78, 5) is 45.4. The van der Waals surface area contributed by atoms with E-state index in [0.29, 0.717) is 33.8 Å². The smallest absolute Gasteiger partial charge is 0.265 e. The van der Waals surface area contributed by atoms with Gasteiger partial charge in [-0.25, -0.2) is 4.98 Å². The minimum absolute atomic E-state index is 0.0112. The average Bonchev–Trinajstić information content (AvgIpc) is 3.28. The van der Waals surface area contributed by atoms with Crippen LogP contribution in [0.25, 0.3) is 21.3 Å². The molecule has 172 valence electrons. The Morgan fingerprint density at radius 1 is 1.18 bits per heavy atom. The van der Waals surface area contributed by atoms with Gasteiger partial charge in [-0.05, 0) is 42.3 Å². The van der Waals surface area contributed by atoms with E-state index < -0.39 is 0 Å². The van der Waals surface area contributed by atoms with E-state index in [0.717, 1.165) is 22.0 Å². The minimum atomic E-state index is -0.262. The molecule has 4 aromatic rings. The number of thiophene rings is 1. The second-order valence-corrected chi connectivity index (χ2v) is 9.73. The number of fused-ring (bicyclic) bond motifs is 2. The van der Waals surface area contributed by atoms with Gasteiger partial charge in [0.25, 0.3) is 11.5 Å². The molecule has 0 atom stereocenters. The Hall–Kier alpha value is -3.30. The van der Waals surface area contributed by atoms with Crippen molar-refractivity contribution in [2.24, 2.45) is 0 Å². The van der Waals surface area contributed by atoms with Gasteiger partial charge in [0, 0.05) is 27.5 Å². The fourth-order valence-corrected chi connectivity index (χ4v) is 5.18. The van der Waals surface area contributed by atoms with Gasteiger partial charge in [-0.1, -0.05) is 35.0 Å². The number of aromatic nitrogens is 2. The molecule has 2 aromatic heterocycles. The van der Waals surface area contributed by atoms with Gasteiger partial charge in [0.15, 0.2) is 12.4 Å². The van der Waals surface area contributed by atoms with Crippen molar-refractivity contribution in [2.45, 2.75) is 19.9 Å². The summed E-state index contributed by atoms with van der Waals surface area (Å²) in [5, 5.41) is 2.42. The lowest BCUT2D eigenvalue weighted by molar-refractivity contribution is -0.121. The van der Waals surface area contributed by atoms with Crippen LogP contribution in [0, 0.1) is 0 Å². The predicted octanol–water partition coefficient (Wildman–Crippen LogP) is 4.91. The number of anilines is 1. The fraction of sp³-hybridized carbons (Fsp3) is 0.200. The van der Waals surface area contributed by atoms with E-state index in [4.69, 9.17) is 4.74 Å². The summed E-state index contributed by atoms with van der Waals surface area (Å²) in [5.74, 6) is 0.186. The third kappa shape index (κ3) is 4.05. The molecule has 0 spiro atoms. The van der Waals surface area contributed by atoms with Gasteiger partial charge in [-0.15, -0.1) is 11.3 Å².